The lowest BCUT2D eigenvalue weighted by Crippen LogP contribution is -2.17. The average molecular weight is 277 g/mol. The topological polar surface area (TPSA) is 43.1 Å². The van der Waals surface area contributed by atoms with E-state index in [-0.39, 0.29) is 21.6 Å². The molecule has 20 heavy (non-hydrogen) atoms. The second kappa shape index (κ2) is 4.19. The second-order valence-electron chi connectivity index (χ2n) is 4.23. The maximum Gasteiger partial charge on any atom is 0.273 e. The number of ketones is 1. The highest BCUT2D eigenvalue weighted by Crippen LogP contribution is 2.30. The van der Waals surface area contributed by atoms with E-state index in [1.807, 2.05) is 0 Å². The molecule has 6 heteroatoms. The van der Waals surface area contributed by atoms with E-state index in [1.54, 1.807) is 0 Å². The fraction of sp³-hybridized carbons (Fsp3) is 0. The van der Waals surface area contributed by atoms with E-state index in [9.17, 15) is 23.2 Å². The molecule has 0 fully saturated rings. The Balaban J connectivity index is 2.21. The summed E-state index contributed by atoms with van der Waals surface area (Å²) < 4.78 is 39.9. The van der Waals surface area contributed by atoms with Crippen molar-refractivity contribution in [2.45, 2.75) is 0 Å². The number of rotatable bonds is 1. The largest absolute Gasteiger partial charge is 0.618 e. The third kappa shape index (κ3) is 1.61. The van der Waals surface area contributed by atoms with Crippen LogP contribution in [0.15, 0.2) is 36.4 Å². The van der Waals surface area contributed by atoms with Crippen molar-refractivity contribution in [3.05, 3.63) is 70.2 Å². The van der Waals surface area contributed by atoms with Gasteiger partial charge >= 0.3 is 0 Å². The SMILES string of the molecule is O=C1C(c2ccc(F)c(F)c2)=[N+]([O-])c2cccc(F)c21. The van der Waals surface area contributed by atoms with E-state index in [2.05, 4.69) is 0 Å². The fourth-order valence-corrected chi connectivity index (χ4v) is 2.13. The zero-order valence-electron chi connectivity index (χ0n) is 9.86. The minimum Gasteiger partial charge on any atom is -0.618 e. The summed E-state index contributed by atoms with van der Waals surface area (Å²) in [5, 5.41) is 12.0. The predicted octanol–water partition coefficient (Wildman–Crippen LogP) is 2.93. The summed E-state index contributed by atoms with van der Waals surface area (Å²) >= 11 is 0. The number of nitrogens with zero attached hydrogens (tertiary/aromatic N) is 1. The summed E-state index contributed by atoms with van der Waals surface area (Å²) in [7, 11) is 0. The molecule has 2 aromatic rings. The summed E-state index contributed by atoms with van der Waals surface area (Å²) in [5.41, 5.74) is -1.03. The number of hydrogen-bond donors (Lipinski definition) is 0. The van der Waals surface area contributed by atoms with E-state index in [0.29, 0.717) is 0 Å². The number of hydrogen-bond acceptors (Lipinski definition) is 2. The number of halogens is 3. The quantitative estimate of drug-likeness (QED) is 0.594. The lowest BCUT2D eigenvalue weighted by molar-refractivity contribution is -0.355. The Morgan fingerprint density at radius 2 is 1.70 bits per heavy atom. The van der Waals surface area contributed by atoms with Crippen LogP contribution in [0.3, 0.4) is 0 Å². The summed E-state index contributed by atoms with van der Waals surface area (Å²) in [5.74, 6) is -3.96. The van der Waals surface area contributed by atoms with Crippen molar-refractivity contribution in [3.63, 3.8) is 0 Å². The molecule has 0 saturated heterocycles. The molecule has 0 spiro atoms. The smallest absolute Gasteiger partial charge is 0.273 e. The maximum atomic E-state index is 13.6. The molecule has 0 bridgehead atoms. The zero-order valence-corrected chi connectivity index (χ0v) is 9.86. The molecule has 0 radical (unpaired) electrons. The highest BCUT2D eigenvalue weighted by Gasteiger charge is 2.39. The Labute approximate surface area is 111 Å². The number of carbonyl (C=O) groups is 1. The molecule has 1 heterocycles. The van der Waals surface area contributed by atoms with Crippen LogP contribution in [0.1, 0.15) is 15.9 Å². The molecule has 0 atom stereocenters. The van der Waals surface area contributed by atoms with E-state index in [0.717, 1.165) is 24.3 Å². The summed E-state index contributed by atoms with van der Waals surface area (Å²) in [6.45, 7) is 0. The third-order valence-electron chi connectivity index (χ3n) is 3.05. The van der Waals surface area contributed by atoms with Gasteiger partial charge in [0.25, 0.3) is 11.5 Å². The van der Waals surface area contributed by atoms with Crippen LogP contribution in [0.2, 0.25) is 0 Å². The van der Waals surface area contributed by atoms with Gasteiger partial charge in [-0.2, -0.15) is 4.74 Å². The van der Waals surface area contributed by atoms with Crippen LogP contribution in [-0.2, 0) is 0 Å². The number of carbonyl (C=O) groups excluding carboxylic acids is 1. The van der Waals surface area contributed by atoms with Gasteiger partial charge in [0.1, 0.15) is 11.4 Å². The standard InChI is InChI=1S/C14H6F3NO2/c15-8-5-4-7(6-10(8)17)13-14(19)12-9(16)2-1-3-11(12)18(13)20/h1-6H. The number of fused-ring (bicyclic) bond motifs is 1. The van der Waals surface area contributed by atoms with Crippen molar-refractivity contribution in [2.24, 2.45) is 0 Å². The van der Waals surface area contributed by atoms with Crippen molar-refractivity contribution < 1.29 is 22.7 Å². The van der Waals surface area contributed by atoms with Crippen LogP contribution < -0.4 is 0 Å². The molecule has 0 aromatic heterocycles. The van der Waals surface area contributed by atoms with Crippen LogP contribution in [0, 0.1) is 22.7 Å². The van der Waals surface area contributed by atoms with Gasteiger partial charge in [-0.05, 0) is 24.3 Å². The van der Waals surface area contributed by atoms with Gasteiger partial charge in [0.15, 0.2) is 11.6 Å². The van der Waals surface area contributed by atoms with Crippen LogP contribution in [-0.4, -0.2) is 16.2 Å². The molecule has 0 aliphatic carbocycles. The average Bonchev–Trinajstić information content (AvgIpc) is 2.67. The molecular weight excluding hydrogens is 271 g/mol. The molecular formula is C14H6F3NO2. The zero-order chi connectivity index (χ0) is 14.4. The summed E-state index contributed by atoms with van der Waals surface area (Å²) in [4.78, 5) is 12.1. The van der Waals surface area contributed by atoms with E-state index in [1.165, 1.54) is 12.1 Å². The molecule has 100 valence electrons. The molecule has 0 saturated carbocycles. The van der Waals surface area contributed by atoms with E-state index >= 15 is 0 Å². The van der Waals surface area contributed by atoms with E-state index in [4.69, 9.17) is 0 Å². The Kier molecular flexibility index (Phi) is 2.60. The monoisotopic (exact) mass is 277 g/mol. The Morgan fingerprint density at radius 3 is 2.35 bits per heavy atom. The molecule has 1 aliphatic rings. The second-order valence-corrected chi connectivity index (χ2v) is 4.23. The van der Waals surface area contributed by atoms with Crippen LogP contribution in [0.4, 0.5) is 18.9 Å². The molecule has 0 N–H and O–H groups in total. The lowest BCUT2D eigenvalue weighted by atomic mass is 10.0. The first kappa shape index (κ1) is 12.4. The van der Waals surface area contributed by atoms with Crippen LogP contribution in [0.5, 0.6) is 0 Å². The Bertz CT molecular complexity index is 784. The highest BCUT2D eigenvalue weighted by molar-refractivity contribution is 6.52. The van der Waals surface area contributed by atoms with Gasteiger partial charge in [0.2, 0.25) is 5.69 Å². The number of Topliss-reactive ketones (excluding diaryl/α,β-unsaturated/α-hetero) is 1. The van der Waals surface area contributed by atoms with Crippen molar-refractivity contribution >= 4 is 17.2 Å². The van der Waals surface area contributed by atoms with Crippen molar-refractivity contribution in [1.82, 2.24) is 0 Å². The third-order valence-corrected chi connectivity index (χ3v) is 3.05. The van der Waals surface area contributed by atoms with Gasteiger partial charge < -0.3 is 5.21 Å². The van der Waals surface area contributed by atoms with Crippen molar-refractivity contribution in [2.75, 3.05) is 0 Å². The molecule has 1 aliphatic heterocycles. The Hall–Kier alpha value is -2.63. The molecule has 2 aromatic carbocycles. The van der Waals surface area contributed by atoms with Crippen LogP contribution >= 0.6 is 0 Å². The van der Waals surface area contributed by atoms with Gasteiger partial charge in [-0.15, -0.1) is 0 Å². The van der Waals surface area contributed by atoms with Gasteiger partial charge in [-0.25, -0.2) is 13.2 Å². The minimum absolute atomic E-state index is 0.0977. The molecule has 0 amide bonds. The summed E-state index contributed by atoms with van der Waals surface area (Å²) in [6.07, 6.45) is 0. The maximum absolute atomic E-state index is 13.6. The van der Waals surface area contributed by atoms with Gasteiger partial charge in [-0.3, -0.25) is 4.79 Å². The lowest BCUT2D eigenvalue weighted by Gasteiger charge is -2.02. The van der Waals surface area contributed by atoms with Crippen LogP contribution in [0.25, 0.3) is 0 Å². The van der Waals surface area contributed by atoms with Crippen molar-refractivity contribution in [3.8, 4) is 0 Å². The van der Waals surface area contributed by atoms with E-state index < -0.39 is 28.9 Å². The molecule has 0 unspecified atom stereocenters. The van der Waals surface area contributed by atoms with Gasteiger partial charge in [-0.1, -0.05) is 6.07 Å². The highest BCUT2D eigenvalue weighted by atomic mass is 19.2. The molecule has 3 rings (SSSR count). The Morgan fingerprint density at radius 1 is 0.950 bits per heavy atom. The summed E-state index contributed by atoms with van der Waals surface area (Å²) in [6, 6.07) is 6.27. The normalized spacial score (nSPS) is 13.8. The van der Waals surface area contributed by atoms with Crippen molar-refractivity contribution in [1.29, 1.82) is 0 Å². The first-order valence-corrected chi connectivity index (χ1v) is 5.63. The fourth-order valence-electron chi connectivity index (χ4n) is 2.13. The minimum atomic E-state index is -1.19. The van der Waals surface area contributed by atoms with Gasteiger partial charge in [0.05, 0.1) is 5.56 Å². The van der Waals surface area contributed by atoms with Gasteiger partial charge in [0, 0.05) is 6.07 Å². The molecule has 3 nitrogen and oxygen atoms in total. The first-order valence-electron chi connectivity index (χ1n) is 5.63. The number of benzene rings is 2. The predicted molar refractivity (Wildman–Crippen MR) is 64.5 cm³/mol. The first-order chi connectivity index (χ1) is 9.50.